The standard InChI is InChI=1S/C26H33NO2/c1-25-12-10-20(28)16-19(25)8-9-21-22(25)11-13-26(2)23(21)15-18(24(29)27-26)14-17-6-4-3-5-7-17/h3-8,14,20-23,28H,9-13,15-16H2,1-2H3,(H,27,29)/t20-,21+,22-,23-,25-,26-/m0/s1. The van der Waals surface area contributed by atoms with Crippen LogP contribution in [-0.4, -0.2) is 22.7 Å². The third kappa shape index (κ3) is 3.09. The van der Waals surface area contributed by atoms with Crippen molar-refractivity contribution in [3.8, 4) is 0 Å². The third-order valence-electron chi connectivity index (χ3n) is 8.74. The minimum absolute atomic E-state index is 0.0951. The first kappa shape index (κ1) is 19.1. The number of allylic oxidation sites excluding steroid dienone is 1. The van der Waals surface area contributed by atoms with Crippen LogP contribution in [0.5, 0.6) is 0 Å². The normalized spacial score (nSPS) is 42.9. The molecule has 1 aromatic rings. The molecule has 3 heteroatoms. The van der Waals surface area contributed by atoms with Crippen LogP contribution in [0.25, 0.3) is 6.08 Å². The van der Waals surface area contributed by atoms with E-state index in [2.05, 4.69) is 43.4 Å². The minimum Gasteiger partial charge on any atom is -0.393 e. The number of aliphatic hydroxyl groups excluding tert-OH is 1. The molecule has 5 rings (SSSR count). The van der Waals surface area contributed by atoms with E-state index in [0.717, 1.165) is 49.7 Å². The molecular weight excluding hydrogens is 358 g/mol. The van der Waals surface area contributed by atoms with Crippen LogP contribution in [0.1, 0.15) is 64.4 Å². The summed E-state index contributed by atoms with van der Waals surface area (Å²) < 4.78 is 0. The molecule has 1 aromatic carbocycles. The second kappa shape index (κ2) is 6.84. The summed E-state index contributed by atoms with van der Waals surface area (Å²) in [5.41, 5.74) is 3.67. The Morgan fingerprint density at radius 1 is 1.07 bits per heavy atom. The smallest absolute Gasteiger partial charge is 0.247 e. The van der Waals surface area contributed by atoms with Crippen LogP contribution in [0, 0.1) is 23.2 Å². The Morgan fingerprint density at radius 3 is 2.66 bits per heavy atom. The number of hydrogen-bond donors (Lipinski definition) is 2. The van der Waals surface area contributed by atoms with Crippen molar-refractivity contribution >= 4 is 12.0 Å². The van der Waals surface area contributed by atoms with Crippen molar-refractivity contribution in [2.75, 3.05) is 0 Å². The van der Waals surface area contributed by atoms with Gasteiger partial charge in [0, 0.05) is 11.1 Å². The number of piperidine rings is 1. The highest BCUT2D eigenvalue weighted by Gasteiger charge is 2.56. The summed E-state index contributed by atoms with van der Waals surface area (Å²) in [6.07, 6.45) is 11.5. The molecule has 2 saturated carbocycles. The number of rotatable bonds is 1. The first-order chi connectivity index (χ1) is 13.9. The Labute approximate surface area is 174 Å². The van der Waals surface area contributed by atoms with Gasteiger partial charge >= 0.3 is 0 Å². The highest BCUT2D eigenvalue weighted by Crippen LogP contribution is 2.60. The molecule has 1 amide bonds. The van der Waals surface area contributed by atoms with Gasteiger partial charge in [0.15, 0.2) is 0 Å². The summed E-state index contributed by atoms with van der Waals surface area (Å²) in [6, 6.07) is 10.2. The SMILES string of the molecule is C[C@]12CC[C@H](O)CC1=CC[C@@H]1[C@@H]2CC[C@]2(C)NC(=O)C(=Cc3ccccc3)C[C@@H]12. The predicted molar refractivity (Wildman–Crippen MR) is 116 cm³/mol. The highest BCUT2D eigenvalue weighted by atomic mass is 16.3. The van der Waals surface area contributed by atoms with Gasteiger partial charge in [-0.1, -0.05) is 48.9 Å². The quantitative estimate of drug-likeness (QED) is 0.530. The van der Waals surface area contributed by atoms with Crippen molar-refractivity contribution in [3.63, 3.8) is 0 Å². The molecule has 6 atom stereocenters. The summed E-state index contributed by atoms with van der Waals surface area (Å²) in [5, 5.41) is 13.6. The van der Waals surface area contributed by atoms with Gasteiger partial charge in [0.2, 0.25) is 5.91 Å². The van der Waals surface area contributed by atoms with E-state index in [-0.39, 0.29) is 23.0 Å². The van der Waals surface area contributed by atoms with Gasteiger partial charge in [0.05, 0.1) is 6.10 Å². The molecule has 0 unspecified atom stereocenters. The average molecular weight is 392 g/mol. The van der Waals surface area contributed by atoms with E-state index >= 15 is 0 Å². The van der Waals surface area contributed by atoms with Gasteiger partial charge in [-0.05, 0) is 86.7 Å². The first-order valence-electron chi connectivity index (χ1n) is 11.3. The fraction of sp³-hybridized carbons (Fsp3) is 0.577. The van der Waals surface area contributed by atoms with Gasteiger partial charge < -0.3 is 10.4 Å². The van der Waals surface area contributed by atoms with Crippen molar-refractivity contribution in [2.45, 2.75) is 70.4 Å². The molecule has 4 aliphatic rings. The summed E-state index contributed by atoms with van der Waals surface area (Å²) in [4.78, 5) is 12.9. The maximum absolute atomic E-state index is 12.9. The van der Waals surface area contributed by atoms with Gasteiger partial charge in [-0.25, -0.2) is 0 Å². The van der Waals surface area contributed by atoms with E-state index in [1.54, 1.807) is 0 Å². The molecular formula is C26H33NO2. The minimum atomic E-state index is -0.158. The molecule has 0 radical (unpaired) electrons. The summed E-state index contributed by atoms with van der Waals surface area (Å²) in [7, 11) is 0. The van der Waals surface area contributed by atoms with Crippen LogP contribution in [0.2, 0.25) is 0 Å². The lowest BCUT2D eigenvalue weighted by Gasteiger charge is -2.59. The summed E-state index contributed by atoms with van der Waals surface area (Å²) in [5.74, 6) is 1.87. The van der Waals surface area contributed by atoms with Crippen LogP contribution in [0.15, 0.2) is 47.6 Å². The Hall–Kier alpha value is -1.87. The van der Waals surface area contributed by atoms with E-state index in [9.17, 15) is 9.90 Å². The highest BCUT2D eigenvalue weighted by molar-refractivity contribution is 5.99. The van der Waals surface area contributed by atoms with Crippen molar-refractivity contribution in [1.82, 2.24) is 5.32 Å². The molecule has 29 heavy (non-hydrogen) atoms. The topological polar surface area (TPSA) is 49.3 Å². The third-order valence-corrected chi connectivity index (χ3v) is 8.74. The van der Waals surface area contributed by atoms with Crippen molar-refractivity contribution in [1.29, 1.82) is 0 Å². The van der Waals surface area contributed by atoms with Crippen molar-refractivity contribution in [2.24, 2.45) is 23.2 Å². The monoisotopic (exact) mass is 391 g/mol. The van der Waals surface area contributed by atoms with E-state index in [4.69, 9.17) is 0 Å². The molecule has 3 nitrogen and oxygen atoms in total. The van der Waals surface area contributed by atoms with Gasteiger partial charge in [0.25, 0.3) is 0 Å². The van der Waals surface area contributed by atoms with Crippen LogP contribution >= 0.6 is 0 Å². The molecule has 0 bridgehead atoms. The fourth-order valence-corrected chi connectivity index (χ4v) is 7.04. The van der Waals surface area contributed by atoms with Gasteiger partial charge in [-0.2, -0.15) is 0 Å². The number of carbonyl (C=O) groups excluding carboxylic acids is 1. The number of carbonyl (C=O) groups is 1. The molecule has 154 valence electrons. The zero-order valence-corrected chi connectivity index (χ0v) is 17.7. The van der Waals surface area contributed by atoms with Gasteiger partial charge in [-0.15, -0.1) is 0 Å². The van der Waals surface area contributed by atoms with E-state index in [0.29, 0.717) is 17.8 Å². The molecule has 0 aromatic heterocycles. The fourth-order valence-electron chi connectivity index (χ4n) is 7.04. The Bertz CT molecular complexity index is 872. The largest absolute Gasteiger partial charge is 0.393 e. The molecule has 3 fully saturated rings. The average Bonchev–Trinajstić information content (AvgIpc) is 2.70. The van der Waals surface area contributed by atoms with E-state index in [1.165, 1.54) is 12.0 Å². The van der Waals surface area contributed by atoms with Crippen LogP contribution in [0.4, 0.5) is 0 Å². The number of amides is 1. The lowest BCUT2D eigenvalue weighted by Crippen LogP contribution is -2.63. The zero-order valence-electron chi connectivity index (χ0n) is 17.7. The second-order valence-corrected chi connectivity index (χ2v) is 10.4. The van der Waals surface area contributed by atoms with Crippen LogP contribution in [-0.2, 0) is 4.79 Å². The lowest BCUT2D eigenvalue weighted by atomic mass is 9.48. The molecule has 1 aliphatic heterocycles. The number of hydrogen-bond acceptors (Lipinski definition) is 2. The predicted octanol–water partition coefficient (Wildman–Crippen LogP) is 4.87. The zero-order chi connectivity index (χ0) is 20.2. The lowest BCUT2D eigenvalue weighted by molar-refractivity contribution is -0.125. The second-order valence-electron chi connectivity index (χ2n) is 10.4. The maximum atomic E-state index is 12.9. The van der Waals surface area contributed by atoms with Crippen LogP contribution in [0.3, 0.4) is 0 Å². The Kier molecular flexibility index (Phi) is 4.51. The first-order valence-corrected chi connectivity index (χ1v) is 11.3. The van der Waals surface area contributed by atoms with E-state index in [1.807, 2.05) is 18.2 Å². The summed E-state index contributed by atoms with van der Waals surface area (Å²) in [6.45, 7) is 4.73. The maximum Gasteiger partial charge on any atom is 0.247 e. The molecule has 1 heterocycles. The van der Waals surface area contributed by atoms with Gasteiger partial charge in [-0.3, -0.25) is 4.79 Å². The number of nitrogens with one attached hydrogen (secondary N) is 1. The van der Waals surface area contributed by atoms with E-state index < -0.39 is 0 Å². The molecule has 2 N–H and O–H groups in total. The Morgan fingerprint density at radius 2 is 1.86 bits per heavy atom. The number of fused-ring (bicyclic) bond motifs is 5. The Balaban J connectivity index is 1.47. The summed E-state index contributed by atoms with van der Waals surface area (Å²) >= 11 is 0. The molecule has 1 saturated heterocycles. The van der Waals surface area contributed by atoms with Crippen molar-refractivity contribution < 1.29 is 9.90 Å². The molecule has 0 spiro atoms. The molecule has 3 aliphatic carbocycles. The van der Waals surface area contributed by atoms with Crippen molar-refractivity contribution in [3.05, 3.63) is 53.1 Å². The number of benzene rings is 1. The number of aliphatic hydroxyl groups is 1. The van der Waals surface area contributed by atoms with Gasteiger partial charge in [0.1, 0.15) is 0 Å². The van der Waals surface area contributed by atoms with Crippen LogP contribution < -0.4 is 5.32 Å².